The van der Waals surface area contributed by atoms with Gasteiger partial charge in [0.25, 0.3) is 0 Å². The molecule has 0 N–H and O–H groups in total. The summed E-state index contributed by atoms with van der Waals surface area (Å²) >= 11 is 3.47. The lowest BCUT2D eigenvalue weighted by atomic mass is 10.0. The second kappa shape index (κ2) is 5.51. The van der Waals surface area contributed by atoms with E-state index in [0.29, 0.717) is 0 Å². The van der Waals surface area contributed by atoms with Gasteiger partial charge in [-0.3, -0.25) is 0 Å². The number of hydrogen-bond acceptors (Lipinski definition) is 3. The molecule has 0 amide bonds. The van der Waals surface area contributed by atoms with Crippen LogP contribution in [0.2, 0.25) is 0 Å². The number of hydrogen-bond donors (Lipinski definition) is 0. The van der Waals surface area contributed by atoms with Crippen molar-refractivity contribution in [3.63, 3.8) is 0 Å². The Morgan fingerprint density at radius 2 is 1.79 bits per heavy atom. The summed E-state index contributed by atoms with van der Waals surface area (Å²) in [7, 11) is -1.41. The fraction of sp³-hybridized carbons (Fsp3) is 0.286. The van der Waals surface area contributed by atoms with E-state index in [4.69, 9.17) is 4.74 Å². The highest BCUT2D eigenvalue weighted by Crippen LogP contribution is 2.35. The number of benzene rings is 2. The molecule has 0 saturated carbocycles. The number of methoxy groups -OCH3 is 1. The van der Waals surface area contributed by atoms with E-state index in [9.17, 15) is 8.42 Å². The van der Waals surface area contributed by atoms with Crippen LogP contribution < -0.4 is 4.74 Å². The van der Waals surface area contributed by atoms with E-state index in [0.717, 1.165) is 22.1 Å². The van der Waals surface area contributed by atoms with Crippen molar-refractivity contribution in [2.45, 2.75) is 4.83 Å². The fourth-order valence-corrected chi connectivity index (χ4v) is 4.65. The van der Waals surface area contributed by atoms with Crippen LogP contribution in [0.1, 0.15) is 10.4 Å². The van der Waals surface area contributed by atoms with Gasteiger partial charge in [0.15, 0.2) is 0 Å². The molecule has 2 aromatic rings. The zero-order valence-electron chi connectivity index (χ0n) is 10.8. The number of halogens is 1. The Labute approximate surface area is 121 Å². The van der Waals surface area contributed by atoms with Gasteiger partial charge in [-0.25, -0.2) is 8.42 Å². The highest BCUT2D eigenvalue weighted by atomic mass is 79.9. The Morgan fingerprint density at radius 3 is 2.37 bits per heavy atom. The first-order valence-corrected chi connectivity index (χ1v) is 8.77. The topological polar surface area (TPSA) is 43.4 Å². The van der Waals surface area contributed by atoms with Crippen LogP contribution in [0.25, 0.3) is 10.8 Å². The van der Waals surface area contributed by atoms with Crippen molar-refractivity contribution in [3.8, 4) is 5.75 Å². The van der Waals surface area contributed by atoms with Gasteiger partial charge in [0.2, 0.25) is 0 Å². The van der Waals surface area contributed by atoms with E-state index >= 15 is 0 Å². The lowest BCUT2D eigenvalue weighted by Gasteiger charge is -2.14. The first kappa shape index (κ1) is 14.3. The molecule has 0 radical (unpaired) electrons. The summed E-state index contributed by atoms with van der Waals surface area (Å²) in [5.41, 5.74) is 0.960. The standard InChI is InChI=1S/C14H15BrO3S/c1-18-14-8-7-11(13(15)9-19(2,16)17)10-5-3-4-6-12(10)14/h3-8,13H,9H2,1-2H3. The van der Waals surface area contributed by atoms with Crippen LogP contribution in [-0.2, 0) is 9.84 Å². The molecule has 5 heteroatoms. The molecular weight excluding hydrogens is 328 g/mol. The number of alkyl halides is 1. The van der Waals surface area contributed by atoms with E-state index in [2.05, 4.69) is 15.9 Å². The average Bonchev–Trinajstić information content (AvgIpc) is 2.35. The first-order valence-electron chi connectivity index (χ1n) is 5.80. The van der Waals surface area contributed by atoms with Crippen molar-refractivity contribution in [2.24, 2.45) is 0 Å². The first-order chi connectivity index (χ1) is 8.92. The molecule has 1 atom stereocenters. The molecule has 19 heavy (non-hydrogen) atoms. The monoisotopic (exact) mass is 342 g/mol. The minimum Gasteiger partial charge on any atom is -0.496 e. The summed E-state index contributed by atoms with van der Waals surface area (Å²) in [6.07, 6.45) is 1.24. The molecule has 0 spiro atoms. The summed E-state index contributed by atoms with van der Waals surface area (Å²) < 4.78 is 28.2. The van der Waals surface area contributed by atoms with Gasteiger partial charge >= 0.3 is 0 Å². The molecule has 0 saturated heterocycles. The normalized spacial score (nSPS) is 13.4. The molecule has 3 nitrogen and oxygen atoms in total. The number of sulfone groups is 1. The van der Waals surface area contributed by atoms with Crippen LogP contribution in [0.15, 0.2) is 36.4 Å². The van der Waals surface area contributed by atoms with E-state index < -0.39 is 9.84 Å². The highest BCUT2D eigenvalue weighted by molar-refractivity contribution is 9.09. The van der Waals surface area contributed by atoms with Gasteiger partial charge in [0, 0.05) is 11.6 Å². The molecule has 0 aliphatic rings. The maximum atomic E-state index is 11.4. The maximum Gasteiger partial charge on any atom is 0.148 e. The van der Waals surface area contributed by atoms with Gasteiger partial charge in [-0.1, -0.05) is 46.3 Å². The Bertz CT molecular complexity index is 695. The lowest BCUT2D eigenvalue weighted by Crippen LogP contribution is -2.09. The SMILES string of the molecule is COc1ccc(C(Br)CS(C)(=O)=O)c2ccccc12. The van der Waals surface area contributed by atoms with E-state index in [1.54, 1.807) is 7.11 Å². The average molecular weight is 343 g/mol. The predicted molar refractivity (Wildman–Crippen MR) is 81.9 cm³/mol. The molecule has 0 bridgehead atoms. The largest absolute Gasteiger partial charge is 0.496 e. The second-order valence-electron chi connectivity index (χ2n) is 4.46. The van der Waals surface area contributed by atoms with E-state index in [1.807, 2.05) is 36.4 Å². The molecule has 2 aromatic carbocycles. The van der Waals surface area contributed by atoms with Crippen LogP contribution in [0.4, 0.5) is 0 Å². The Kier molecular flexibility index (Phi) is 4.16. The van der Waals surface area contributed by atoms with Gasteiger partial charge < -0.3 is 4.74 Å². The summed E-state index contributed by atoms with van der Waals surface area (Å²) in [6.45, 7) is 0. The maximum absolute atomic E-state index is 11.4. The third kappa shape index (κ3) is 3.28. The zero-order chi connectivity index (χ0) is 14.0. The van der Waals surface area contributed by atoms with Gasteiger partial charge in [0.05, 0.1) is 17.7 Å². The fourth-order valence-electron chi connectivity index (χ4n) is 2.10. The number of ether oxygens (including phenoxy) is 1. The van der Waals surface area contributed by atoms with Crippen molar-refractivity contribution < 1.29 is 13.2 Å². The van der Waals surface area contributed by atoms with Crippen LogP contribution >= 0.6 is 15.9 Å². The summed E-state index contributed by atoms with van der Waals surface area (Å²) in [5.74, 6) is 0.863. The smallest absolute Gasteiger partial charge is 0.148 e. The number of rotatable bonds is 4. The van der Waals surface area contributed by atoms with Crippen molar-refractivity contribution in [1.29, 1.82) is 0 Å². The molecule has 0 aliphatic carbocycles. The zero-order valence-corrected chi connectivity index (χ0v) is 13.2. The van der Waals surface area contributed by atoms with Gasteiger partial charge in [-0.05, 0) is 17.0 Å². The molecule has 0 aromatic heterocycles. The molecular formula is C14H15BrO3S. The quantitative estimate of drug-likeness (QED) is 0.800. The van der Waals surface area contributed by atoms with Crippen LogP contribution in [0, 0.1) is 0 Å². The highest BCUT2D eigenvalue weighted by Gasteiger charge is 2.17. The molecule has 0 heterocycles. The molecule has 0 fully saturated rings. The van der Waals surface area contributed by atoms with Gasteiger partial charge in [-0.2, -0.15) is 0 Å². The molecule has 1 unspecified atom stereocenters. The summed E-state index contributed by atoms with van der Waals surface area (Å²) in [5, 5.41) is 1.99. The van der Waals surface area contributed by atoms with E-state index in [-0.39, 0.29) is 10.6 Å². The Balaban J connectivity index is 2.56. The molecule has 2 rings (SSSR count). The van der Waals surface area contributed by atoms with Crippen molar-refractivity contribution in [3.05, 3.63) is 42.0 Å². The minimum atomic E-state index is -3.03. The van der Waals surface area contributed by atoms with Crippen molar-refractivity contribution in [1.82, 2.24) is 0 Å². The second-order valence-corrected chi connectivity index (χ2v) is 7.75. The predicted octanol–water partition coefficient (Wildman–Crippen LogP) is 3.33. The van der Waals surface area contributed by atoms with Crippen LogP contribution in [-0.4, -0.2) is 27.5 Å². The lowest BCUT2D eigenvalue weighted by molar-refractivity contribution is 0.419. The Hall–Kier alpha value is -1.07. The van der Waals surface area contributed by atoms with Gasteiger partial charge in [-0.15, -0.1) is 0 Å². The number of fused-ring (bicyclic) bond motifs is 1. The van der Waals surface area contributed by atoms with Crippen LogP contribution in [0.3, 0.4) is 0 Å². The Morgan fingerprint density at radius 1 is 1.16 bits per heavy atom. The summed E-state index contributed by atoms with van der Waals surface area (Å²) in [6, 6.07) is 11.6. The molecule has 102 valence electrons. The third-order valence-electron chi connectivity index (χ3n) is 2.92. The van der Waals surface area contributed by atoms with Crippen molar-refractivity contribution in [2.75, 3.05) is 19.1 Å². The van der Waals surface area contributed by atoms with Crippen LogP contribution in [0.5, 0.6) is 5.75 Å². The minimum absolute atomic E-state index is 0.0727. The van der Waals surface area contributed by atoms with E-state index in [1.165, 1.54) is 6.26 Å². The van der Waals surface area contributed by atoms with Crippen molar-refractivity contribution >= 4 is 36.5 Å². The van der Waals surface area contributed by atoms with Gasteiger partial charge in [0.1, 0.15) is 15.6 Å². The molecule has 0 aliphatic heterocycles. The third-order valence-corrected chi connectivity index (χ3v) is 5.11. The summed E-state index contributed by atoms with van der Waals surface area (Å²) in [4.78, 5) is -0.224.